The van der Waals surface area contributed by atoms with Crippen LogP contribution in [0.15, 0.2) is 24.3 Å². The van der Waals surface area contributed by atoms with Gasteiger partial charge in [-0.2, -0.15) is 0 Å². The van der Waals surface area contributed by atoms with Crippen molar-refractivity contribution in [3.8, 4) is 0 Å². The number of hydrogen-bond donors (Lipinski definition) is 1. The Hall–Kier alpha value is -0.501. The number of halogens is 1. The summed E-state index contributed by atoms with van der Waals surface area (Å²) in [5.74, 6) is -0.710. The third kappa shape index (κ3) is 4.66. The summed E-state index contributed by atoms with van der Waals surface area (Å²) >= 11 is 6.19. The van der Waals surface area contributed by atoms with Gasteiger partial charge in [0.15, 0.2) is 0 Å². The van der Waals surface area contributed by atoms with Crippen molar-refractivity contribution < 1.29 is 9.90 Å². The quantitative estimate of drug-likeness (QED) is 0.663. The molecule has 0 aliphatic heterocycles. The Balaban J connectivity index is 2.28. The van der Waals surface area contributed by atoms with Crippen molar-refractivity contribution >= 4 is 32.5 Å². The molecule has 0 saturated carbocycles. The first kappa shape index (κ1) is 11.6. The molecule has 1 rings (SSSR count). The van der Waals surface area contributed by atoms with Gasteiger partial charge in [-0.1, -0.05) is 0 Å². The molecule has 0 radical (unpaired) electrons. The molecule has 0 bridgehead atoms. The van der Waals surface area contributed by atoms with E-state index < -0.39 is 5.97 Å². The van der Waals surface area contributed by atoms with Crippen molar-refractivity contribution in [3.05, 3.63) is 34.9 Å². The fourth-order valence-electron chi connectivity index (χ4n) is 0.976. The van der Waals surface area contributed by atoms with Crippen LogP contribution < -0.4 is 0 Å². The number of carboxylic acid groups (broad SMARTS) is 1. The van der Waals surface area contributed by atoms with Crippen molar-refractivity contribution in [1.82, 2.24) is 0 Å². The van der Waals surface area contributed by atoms with E-state index >= 15 is 0 Å². The monoisotopic (exact) mass is 278 g/mol. The third-order valence-electron chi connectivity index (χ3n) is 1.62. The number of aliphatic carboxylic acids is 1. The van der Waals surface area contributed by atoms with Crippen LogP contribution >= 0.6 is 11.6 Å². The molecule has 0 heterocycles. The van der Waals surface area contributed by atoms with Gasteiger partial charge in [-0.25, -0.2) is 0 Å². The molecule has 0 amide bonds. The maximum atomic E-state index is 10.3. The van der Waals surface area contributed by atoms with Gasteiger partial charge in [0.05, 0.1) is 0 Å². The first-order valence-corrected chi connectivity index (χ1v) is 7.02. The van der Waals surface area contributed by atoms with Gasteiger partial charge >= 0.3 is 94.3 Å². The van der Waals surface area contributed by atoms with Gasteiger partial charge in [-0.05, 0) is 0 Å². The average Bonchev–Trinajstić information content (AvgIpc) is 2.12. The summed E-state index contributed by atoms with van der Waals surface area (Å²) in [6.07, 6.45) is 0.278. The van der Waals surface area contributed by atoms with E-state index in [1.807, 2.05) is 24.3 Å². The summed E-state index contributed by atoms with van der Waals surface area (Å²) in [5.41, 5.74) is 1.20. The first-order valence-electron chi connectivity index (χ1n) is 4.22. The van der Waals surface area contributed by atoms with Gasteiger partial charge < -0.3 is 0 Å². The SMILES string of the molecule is O=C(O)CC[Se]Cc1cccc(Cl)c1. The molecule has 2 nitrogen and oxygen atoms in total. The van der Waals surface area contributed by atoms with Gasteiger partial charge in [-0.3, -0.25) is 0 Å². The Morgan fingerprint density at radius 3 is 2.93 bits per heavy atom. The molecule has 76 valence electrons. The van der Waals surface area contributed by atoms with Crippen molar-refractivity contribution in [2.45, 2.75) is 17.1 Å². The van der Waals surface area contributed by atoms with Crippen molar-refractivity contribution in [2.24, 2.45) is 0 Å². The number of hydrogen-bond acceptors (Lipinski definition) is 1. The van der Waals surface area contributed by atoms with E-state index in [0.717, 1.165) is 15.7 Å². The van der Waals surface area contributed by atoms with Gasteiger partial charge in [0.25, 0.3) is 0 Å². The molecule has 0 saturated heterocycles. The molecule has 4 heteroatoms. The molecular weight excluding hydrogens is 267 g/mol. The minimum atomic E-state index is -0.710. The normalized spacial score (nSPS) is 10.1. The summed E-state index contributed by atoms with van der Waals surface area (Å²) in [4.78, 5) is 10.3. The number of carboxylic acids is 1. The van der Waals surface area contributed by atoms with Gasteiger partial charge in [-0.15, -0.1) is 0 Å². The van der Waals surface area contributed by atoms with E-state index in [0.29, 0.717) is 15.0 Å². The van der Waals surface area contributed by atoms with E-state index in [9.17, 15) is 4.79 Å². The van der Waals surface area contributed by atoms with E-state index in [1.54, 1.807) is 0 Å². The van der Waals surface area contributed by atoms with Crippen LogP contribution in [-0.4, -0.2) is 26.0 Å². The van der Waals surface area contributed by atoms with Crippen molar-refractivity contribution in [2.75, 3.05) is 0 Å². The van der Waals surface area contributed by atoms with Crippen LogP contribution in [0.4, 0.5) is 0 Å². The van der Waals surface area contributed by atoms with Crippen LogP contribution in [0.25, 0.3) is 0 Å². The minimum absolute atomic E-state index is 0.278. The zero-order valence-corrected chi connectivity index (χ0v) is 10.0. The topological polar surface area (TPSA) is 37.3 Å². The summed E-state index contributed by atoms with van der Waals surface area (Å²) in [6.45, 7) is 0. The summed E-state index contributed by atoms with van der Waals surface area (Å²) < 4.78 is 0. The Kier molecular flexibility index (Phi) is 5.02. The molecular formula is C10H11ClO2Se. The molecule has 0 aliphatic rings. The Labute approximate surface area is 94.4 Å². The molecule has 0 unspecified atom stereocenters. The second-order valence-corrected chi connectivity index (χ2v) is 5.58. The van der Waals surface area contributed by atoms with Crippen LogP contribution in [0.3, 0.4) is 0 Å². The van der Waals surface area contributed by atoms with E-state index in [2.05, 4.69) is 0 Å². The van der Waals surface area contributed by atoms with Crippen LogP contribution in [0, 0.1) is 0 Å². The first-order chi connectivity index (χ1) is 6.68. The predicted octanol–water partition coefficient (Wildman–Crippen LogP) is 2.44. The molecule has 14 heavy (non-hydrogen) atoms. The molecule has 0 fully saturated rings. The zero-order chi connectivity index (χ0) is 10.4. The van der Waals surface area contributed by atoms with E-state index in [1.165, 1.54) is 5.56 Å². The van der Waals surface area contributed by atoms with Crippen LogP contribution in [0.1, 0.15) is 12.0 Å². The Morgan fingerprint density at radius 1 is 1.50 bits per heavy atom. The predicted molar refractivity (Wildman–Crippen MR) is 58.0 cm³/mol. The van der Waals surface area contributed by atoms with Crippen LogP contribution in [-0.2, 0) is 10.1 Å². The average molecular weight is 278 g/mol. The number of carbonyl (C=O) groups is 1. The fourth-order valence-corrected chi connectivity index (χ4v) is 3.03. The second kappa shape index (κ2) is 6.07. The fraction of sp³-hybridized carbons (Fsp3) is 0.300. The second-order valence-electron chi connectivity index (χ2n) is 2.83. The number of benzene rings is 1. The maximum absolute atomic E-state index is 10.3. The summed E-state index contributed by atoms with van der Waals surface area (Å²) in [6, 6.07) is 7.72. The molecule has 0 aromatic heterocycles. The molecule has 1 aromatic carbocycles. The van der Waals surface area contributed by atoms with Crippen molar-refractivity contribution in [1.29, 1.82) is 0 Å². The van der Waals surface area contributed by atoms with Gasteiger partial charge in [0.2, 0.25) is 0 Å². The van der Waals surface area contributed by atoms with Crippen molar-refractivity contribution in [3.63, 3.8) is 0 Å². The molecule has 0 spiro atoms. The Morgan fingerprint density at radius 2 is 2.29 bits per heavy atom. The molecule has 1 aromatic rings. The molecule has 0 aliphatic carbocycles. The van der Waals surface area contributed by atoms with E-state index in [-0.39, 0.29) is 6.42 Å². The summed E-state index contributed by atoms with van der Waals surface area (Å²) in [7, 11) is 0. The standard InChI is InChI=1S/C10H11ClO2Se/c11-9-3-1-2-8(6-9)7-14-5-4-10(12)13/h1-3,6H,4-5,7H2,(H,12,13). The molecule has 1 N–H and O–H groups in total. The number of rotatable bonds is 5. The summed E-state index contributed by atoms with van der Waals surface area (Å²) in [5, 5.41) is 10.9. The van der Waals surface area contributed by atoms with Gasteiger partial charge in [0.1, 0.15) is 0 Å². The Bertz CT molecular complexity index is 315. The van der Waals surface area contributed by atoms with E-state index in [4.69, 9.17) is 16.7 Å². The zero-order valence-electron chi connectivity index (χ0n) is 7.57. The molecule has 0 atom stereocenters. The van der Waals surface area contributed by atoms with Gasteiger partial charge in [0, 0.05) is 0 Å². The van der Waals surface area contributed by atoms with Crippen LogP contribution in [0.5, 0.6) is 0 Å². The van der Waals surface area contributed by atoms with Crippen LogP contribution in [0.2, 0.25) is 10.3 Å². The third-order valence-corrected chi connectivity index (χ3v) is 4.01.